The number of hydrogen-bond donors (Lipinski definition) is 1. The van der Waals surface area contributed by atoms with Gasteiger partial charge in [-0.15, -0.1) is 5.10 Å². The average Bonchev–Trinajstić information content (AvgIpc) is 2.70. The largest absolute Gasteiger partial charge is 0.476 e. The first-order valence-electron chi connectivity index (χ1n) is 4.79. The number of carbonyl (C=O) groups is 1. The quantitative estimate of drug-likeness (QED) is 0.488. The monoisotopic (exact) mass is 400 g/mol. The van der Waals surface area contributed by atoms with E-state index in [1.54, 1.807) is 0 Å². The van der Waals surface area contributed by atoms with Gasteiger partial charge in [0.15, 0.2) is 5.82 Å². The number of hydrogen-bond acceptors (Lipinski definition) is 2. The van der Waals surface area contributed by atoms with Gasteiger partial charge in [0.25, 0.3) is 0 Å². The zero-order valence-electron chi connectivity index (χ0n) is 8.99. The van der Waals surface area contributed by atoms with Gasteiger partial charge in [0.2, 0.25) is 11.8 Å². The first-order chi connectivity index (χ1) is 8.95. The molecular weight excluding hydrogens is 395 g/mol. The zero-order valence-corrected chi connectivity index (χ0v) is 12.2. The summed E-state index contributed by atoms with van der Waals surface area (Å²) in [4.78, 5) is 10.4. The van der Waals surface area contributed by atoms with Crippen LogP contribution in [-0.4, -0.2) is 20.6 Å². The van der Waals surface area contributed by atoms with E-state index in [0.29, 0.717) is 6.08 Å². The highest BCUT2D eigenvalue weighted by atomic mass is 127. The number of benzene rings is 1. The van der Waals surface area contributed by atoms with Gasteiger partial charge in [-0.1, -0.05) is 6.07 Å². The number of nitrogens with zero attached hydrogens (tertiary/aromatic N) is 2. The van der Waals surface area contributed by atoms with Gasteiger partial charge in [-0.25, -0.2) is 13.6 Å². The predicted molar refractivity (Wildman–Crippen MR) is 74.1 cm³/mol. The molecule has 2 rings (SSSR count). The van der Waals surface area contributed by atoms with Crippen LogP contribution in [0.3, 0.4) is 0 Å². The highest BCUT2D eigenvalue weighted by molar-refractivity contribution is 14.2. The molecule has 0 aliphatic carbocycles. The van der Waals surface area contributed by atoms with Gasteiger partial charge in [-0.3, -0.25) is 0 Å². The number of halogens is 4. The lowest BCUT2D eigenvalue weighted by Crippen LogP contribution is -1.96. The minimum Gasteiger partial charge on any atom is -0.476 e. The Morgan fingerprint density at radius 3 is 2.74 bits per heavy atom. The maximum atomic E-state index is 14.1. The number of carboxylic acid groups (broad SMARTS) is 1. The normalized spacial score (nSPS) is 12.7. The van der Waals surface area contributed by atoms with Crippen molar-refractivity contribution in [3.63, 3.8) is 0 Å². The van der Waals surface area contributed by atoms with Crippen molar-refractivity contribution in [2.45, 2.75) is 0 Å². The molecule has 0 radical (unpaired) electrons. The van der Waals surface area contributed by atoms with Crippen LogP contribution < -0.4 is 0 Å². The molecule has 0 bridgehead atoms. The van der Waals surface area contributed by atoms with Crippen LogP contribution in [0.5, 0.6) is 0 Å². The van der Waals surface area contributed by atoms with Crippen molar-refractivity contribution in [2.75, 3.05) is 0 Å². The van der Waals surface area contributed by atoms with E-state index in [1.165, 1.54) is 6.07 Å². The van der Waals surface area contributed by atoms with Gasteiger partial charge in [-0.2, -0.15) is 8.78 Å². The van der Waals surface area contributed by atoms with E-state index in [9.17, 15) is 18.0 Å². The summed E-state index contributed by atoms with van der Waals surface area (Å²) in [6, 6.07) is 2.33. The van der Waals surface area contributed by atoms with Crippen LogP contribution in [-0.2, 0) is 4.79 Å². The Morgan fingerprint density at radius 1 is 1.47 bits per heavy atom. The highest BCUT2D eigenvalue weighted by Crippen LogP contribution is 2.32. The fourth-order valence-electron chi connectivity index (χ4n) is 1.52. The summed E-state index contributed by atoms with van der Waals surface area (Å²) in [6.07, 6.45) is 0.498. The molecule has 0 amide bonds. The zero-order chi connectivity index (χ0) is 14.2. The summed E-state index contributed by atoms with van der Waals surface area (Å²) in [6.45, 7) is 0. The molecule has 1 atom stereocenters. The first kappa shape index (κ1) is 14.3. The Balaban J connectivity index is 2.70. The van der Waals surface area contributed by atoms with Crippen LogP contribution in [0.25, 0.3) is 17.0 Å². The number of carboxylic acids is 1. The molecule has 4 nitrogen and oxygen atoms in total. The van der Waals surface area contributed by atoms with E-state index in [1.807, 2.05) is 22.0 Å². The second-order valence-corrected chi connectivity index (χ2v) is 5.49. The van der Waals surface area contributed by atoms with Gasteiger partial charge >= 0.3 is 5.97 Å². The molecule has 0 saturated heterocycles. The average molecular weight is 400 g/mol. The molecule has 9 heteroatoms. The Labute approximate surface area is 119 Å². The van der Waals surface area contributed by atoms with Crippen molar-refractivity contribution in [1.82, 2.24) is 9.55 Å². The summed E-state index contributed by atoms with van der Waals surface area (Å²) < 4.78 is 41.6. The van der Waals surface area contributed by atoms with Gasteiger partial charge in [0.1, 0.15) is 5.52 Å². The second kappa shape index (κ2) is 5.46. The van der Waals surface area contributed by atoms with Crippen molar-refractivity contribution < 1.29 is 23.1 Å². The summed E-state index contributed by atoms with van der Waals surface area (Å²) >= 11 is 1.89. The molecule has 1 N–H and O–H groups in total. The summed E-state index contributed by atoms with van der Waals surface area (Å²) in [5, 5.41) is 11.9. The standard InChI is InChI=1S/C10H5F3IN2O2P/c11-6(10(17)18)3-4-1-2-5-8(7(4)12)16(19-14)15-9(5)13/h1-3,19H,(H,17,18)/b6-3-. The van der Waals surface area contributed by atoms with Gasteiger partial charge < -0.3 is 5.11 Å². The Morgan fingerprint density at radius 2 is 2.16 bits per heavy atom. The molecule has 0 aliphatic rings. The van der Waals surface area contributed by atoms with E-state index in [0.717, 1.165) is 10.5 Å². The molecule has 1 unspecified atom stereocenters. The molecule has 1 aromatic carbocycles. The number of rotatable bonds is 3. The molecule has 0 aliphatic heterocycles. The van der Waals surface area contributed by atoms with Crippen molar-refractivity contribution in [3.05, 3.63) is 35.3 Å². The third-order valence-electron chi connectivity index (χ3n) is 2.33. The lowest BCUT2D eigenvalue weighted by atomic mass is 10.1. The molecule has 2 aromatic rings. The van der Waals surface area contributed by atoms with E-state index in [2.05, 4.69) is 5.10 Å². The molecular formula is C10H5F3IN2O2P. The second-order valence-electron chi connectivity index (χ2n) is 3.45. The minimum atomic E-state index is -1.80. The lowest BCUT2D eigenvalue weighted by molar-refractivity contribution is -0.134. The van der Waals surface area contributed by atoms with Crippen molar-refractivity contribution in [3.8, 4) is 0 Å². The summed E-state index contributed by atoms with van der Waals surface area (Å²) in [5.74, 6) is -5.03. The van der Waals surface area contributed by atoms with Crippen LogP contribution in [0.1, 0.15) is 5.56 Å². The third-order valence-corrected chi connectivity index (χ3v) is 4.19. The molecule has 1 aromatic heterocycles. The highest BCUT2D eigenvalue weighted by Gasteiger charge is 2.17. The number of aliphatic carboxylic acids is 1. The van der Waals surface area contributed by atoms with E-state index in [4.69, 9.17) is 5.11 Å². The number of fused-ring (bicyclic) bond motifs is 1. The van der Waals surface area contributed by atoms with Crippen LogP contribution >= 0.6 is 28.4 Å². The Hall–Kier alpha value is -1.15. The third kappa shape index (κ3) is 2.59. The summed E-state index contributed by atoms with van der Waals surface area (Å²) in [5.41, 5.74) is -0.389. The maximum Gasteiger partial charge on any atom is 0.364 e. The topological polar surface area (TPSA) is 55.1 Å². The maximum absolute atomic E-state index is 14.1. The van der Waals surface area contributed by atoms with Crippen molar-refractivity contribution >= 4 is 51.4 Å². The molecule has 1 heterocycles. The Bertz CT molecular complexity index is 702. The van der Waals surface area contributed by atoms with Crippen LogP contribution in [0, 0.1) is 11.8 Å². The molecule has 0 spiro atoms. The van der Waals surface area contributed by atoms with Crippen LogP contribution in [0.15, 0.2) is 18.0 Å². The minimum absolute atomic E-state index is 0.0328. The Kier molecular flexibility index (Phi) is 4.10. The van der Waals surface area contributed by atoms with Crippen molar-refractivity contribution in [2.24, 2.45) is 0 Å². The van der Waals surface area contributed by atoms with Crippen molar-refractivity contribution in [1.29, 1.82) is 0 Å². The van der Waals surface area contributed by atoms with Gasteiger partial charge in [0.05, 0.1) is 11.8 Å². The van der Waals surface area contributed by atoms with E-state index in [-0.39, 0.29) is 22.8 Å². The predicted octanol–water partition coefficient (Wildman–Crippen LogP) is 3.50. The fraction of sp³-hybridized carbons (Fsp3) is 0. The van der Waals surface area contributed by atoms with E-state index < -0.39 is 23.6 Å². The fourth-order valence-corrected chi connectivity index (χ4v) is 2.99. The first-order valence-corrected chi connectivity index (χ1v) is 8.85. The van der Waals surface area contributed by atoms with Crippen LogP contribution in [0.2, 0.25) is 0 Å². The smallest absolute Gasteiger partial charge is 0.364 e. The van der Waals surface area contributed by atoms with Gasteiger partial charge in [-0.05, 0) is 34.2 Å². The SMILES string of the molecule is O=C(O)/C(F)=C/c1ccc2c(F)nn(PI)c2c1F. The van der Waals surface area contributed by atoms with Crippen LogP contribution in [0.4, 0.5) is 13.2 Å². The number of aromatic nitrogens is 2. The van der Waals surface area contributed by atoms with Gasteiger partial charge in [0, 0.05) is 5.56 Å². The lowest BCUT2D eigenvalue weighted by Gasteiger charge is -2.01. The molecule has 19 heavy (non-hydrogen) atoms. The molecule has 100 valence electrons. The summed E-state index contributed by atoms with van der Waals surface area (Å²) in [7, 11) is 0. The van der Waals surface area contributed by atoms with E-state index >= 15 is 0 Å². The molecule has 0 saturated carbocycles. The molecule has 0 fully saturated rings.